The average Bonchev–Trinajstić information content (AvgIpc) is 3.66. The first-order chi connectivity index (χ1) is 28.2. The largest absolute Gasteiger partial charge is 0.455 e. The zero-order valence-corrected chi connectivity index (χ0v) is 30.8. The first-order valence-corrected chi connectivity index (χ1v) is 19.2. The highest BCUT2D eigenvalue weighted by atomic mass is 16.3. The number of benzene rings is 9. The van der Waals surface area contributed by atoms with Gasteiger partial charge in [0, 0.05) is 33.0 Å². The van der Waals surface area contributed by atoms with Crippen LogP contribution in [0.3, 0.4) is 0 Å². The maximum atomic E-state index is 6.86. The molecule has 2 heterocycles. The van der Waals surface area contributed by atoms with Gasteiger partial charge in [-0.3, -0.25) is 0 Å². The molecule has 0 atom stereocenters. The Bertz CT molecular complexity index is 3200. The van der Waals surface area contributed by atoms with E-state index in [-0.39, 0.29) is 0 Å². The van der Waals surface area contributed by atoms with E-state index in [9.17, 15) is 0 Å². The number of furan rings is 1. The van der Waals surface area contributed by atoms with E-state index >= 15 is 0 Å². The molecule has 0 aliphatic heterocycles. The fourth-order valence-electron chi connectivity index (χ4n) is 8.08. The number of fused-ring (bicyclic) bond motifs is 5. The number of hydrogen-bond donors (Lipinski definition) is 0. The molecule has 0 amide bonds. The van der Waals surface area contributed by atoms with Gasteiger partial charge in [-0.25, -0.2) is 15.0 Å². The third kappa shape index (κ3) is 5.83. The highest BCUT2D eigenvalue weighted by Crippen LogP contribution is 2.43. The van der Waals surface area contributed by atoms with Crippen LogP contribution in [-0.4, -0.2) is 15.0 Å². The van der Waals surface area contributed by atoms with Gasteiger partial charge in [-0.15, -0.1) is 0 Å². The van der Waals surface area contributed by atoms with Gasteiger partial charge >= 0.3 is 0 Å². The summed E-state index contributed by atoms with van der Waals surface area (Å²) in [6, 6.07) is 70.0. The minimum Gasteiger partial charge on any atom is -0.455 e. The quantitative estimate of drug-likeness (QED) is 0.171. The summed E-state index contributed by atoms with van der Waals surface area (Å²) >= 11 is 0. The van der Waals surface area contributed by atoms with Crippen LogP contribution in [0.2, 0.25) is 0 Å². The zero-order chi connectivity index (χ0) is 37.7. The van der Waals surface area contributed by atoms with Crippen LogP contribution in [0.15, 0.2) is 205 Å². The van der Waals surface area contributed by atoms with Crippen molar-refractivity contribution < 1.29 is 4.42 Å². The average molecular weight is 728 g/mol. The Morgan fingerprint density at radius 2 is 0.754 bits per heavy atom. The molecule has 0 aliphatic rings. The maximum Gasteiger partial charge on any atom is 0.164 e. The number of hydrogen-bond acceptors (Lipinski definition) is 4. The maximum absolute atomic E-state index is 6.86. The molecule has 2 aromatic heterocycles. The van der Waals surface area contributed by atoms with E-state index in [2.05, 4.69) is 140 Å². The standard InChI is InChI=1S/C53H33N3O/c1-3-13-38(14-4-1)51-54-52(39-15-5-2-6-16-39)56-53(55-51)40-28-26-37(27-29-40)46-31-30-45(49-47-32-41-17-7-8-18-42(41)33-48(47)57-50(46)49)36-24-22-35(23-25-36)44-21-11-19-34-12-9-10-20-43(34)44/h1-33H. The van der Waals surface area contributed by atoms with Crippen molar-refractivity contribution in [3.8, 4) is 67.5 Å². The van der Waals surface area contributed by atoms with E-state index in [0.29, 0.717) is 17.5 Å². The van der Waals surface area contributed by atoms with Gasteiger partial charge < -0.3 is 4.42 Å². The number of rotatable bonds is 6. The van der Waals surface area contributed by atoms with Crippen LogP contribution >= 0.6 is 0 Å². The third-order valence-electron chi connectivity index (χ3n) is 10.9. The first kappa shape index (κ1) is 32.7. The molecule has 11 aromatic rings. The molecule has 57 heavy (non-hydrogen) atoms. The second-order valence-corrected chi connectivity index (χ2v) is 14.4. The normalized spacial score (nSPS) is 11.5. The summed E-state index contributed by atoms with van der Waals surface area (Å²) in [6.45, 7) is 0. The highest BCUT2D eigenvalue weighted by molar-refractivity contribution is 6.18. The summed E-state index contributed by atoms with van der Waals surface area (Å²) in [6.07, 6.45) is 0. The van der Waals surface area contributed by atoms with Crippen molar-refractivity contribution in [3.05, 3.63) is 200 Å². The Balaban J connectivity index is 1.03. The van der Waals surface area contributed by atoms with Gasteiger partial charge in [0.1, 0.15) is 11.2 Å². The van der Waals surface area contributed by atoms with Crippen molar-refractivity contribution in [1.82, 2.24) is 15.0 Å². The summed E-state index contributed by atoms with van der Waals surface area (Å²) in [7, 11) is 0. The molecule has 0 radical (unpaired) electrons. The molecule has 0 unspecified atom stereocenters. The Kier molecular flexibility index (Phi) is 7.78. The summed E-state index contributed by atoms with van der Waals surface area (Å²) in [5, 5.41) is 7.03. The fraction of sp³-hybridized carbons (Fsp3) is 0. The van der Waals surface area contributed by atoms with Crippen LogP contribution in [0.25, 0.3) is 111 Å². The van der Waals surface area contributed by atoms with Crippen molar-refractivity contribution in [1.29, 1.82) is 0 Å². The first-order valence-electron chi connectivity index (χ1n) is 19.2. The molecule has 0 fully saturated rings. The van der Waals surface area contributed by atoms with Crippen molar-refractivity contribution in [2.24, 2.45) is 0 Å². The molecule has 4 nitrogen and oxygen atoms in total. The predicted octanol–water partition coefficient (Wildman–Crippen LogP) is 14.1. The van der Waals surface area contributed by atoms with E-state index in [0.717, 1.165) is 66.3 Å². The van der Waals surface area contributed by atoms with Crippen molar-refractivity contribution >= 4 is 43.5 Å². The molecular weight excluding hydrogens is 695 g/mol. The molecule has 4 heteroatoms. The lowest BCUT2D eigenvalue weighted by molar-refractivity contribution is 0.670. The van der Waals surface area contributed by atoms with Crippen molar-refractivity contribution in [2.75, 3.05) is 0 Å². The Hall–Kier alpha value is -7.69. The second kappa shape index (κ2) is 13.6. The minimum absolute atomic E-state index is 0.622. The van der Waals surface area contributed by atoms with E-state index < -0.39 is 0 Å². The third-order valence-corrected chi connectivity index (χ3v) is 10.9. The smallest absolute Gasteiger partial charge is 0.164 e. The molecule has 0 bridgehead atoms. The van der Waals surface area contributed by atoms with Crippen LogP contribution in [-0.2, 0) is 0 Å². The van der Waals surface area contributed by atoms with Gasteiger partial charge in [-0.05, 0) is 67.6 Å². The van der Waals surface area contributed by atoms with Crippen molar-refractivity contribution in [2.45, 2.75) is 0 Å². The van der Waals surface area contributed by atoms with E-state index in [4.69, 9.17) is 19.4 Å². The van der Waals surface area contributed by atoms with Gasteiger partial charge in [0.15, 0.2) is 17.5 Å². The zero-order valence-electron chi connectivity index (χ0n) is 30.8. The molecule has 0 aliphatic carbocycles. The molecule has 0 N–H and O–H groups in total. The van der Waals surface area contributed by atoms with Gasteiger partial charge in [-0.2, -0.15) is 0 Å². The molecule has 11 rings (SSSR count). The van der Waals surface area contributed by atoms with E-state index in [1.165, 1.54) is 27.3 Å². The number of aromatic nitrogens is 3. The molecule has 0 spiro atoms. The van der Waals surface area contributed by atoms with E-state index in [1.807, 2.05) is 60.7 Å². The van der Waals surface area contributed by atoms with Crippen molar-refractivity contribution in [3.63, 3.8) is 0 Å². The topological polar surface area (TPSA) is 51.8 Å². The molecule has 9 aromatic carbocycles. The molecular formula is C53H33N3O. The van der Waals surface area contributed by atoms with Crippen LogP contribution in [0.4, 0.5) is 0 Å². The Labute approximate surface area is 329 Å². The number of nitrogens with zero attached hydrogens (tertiary/aromatic N) is 3. The summed E-state index contributed by atoms with van der Waals surface area (Å²) in [5.41, 5.74) is 11.3. The molecule has 0 saturated carbocycles. The lowest BCUT2D eigenvalue weighted by Gasteiger charge is -2.11. The van der Waals surface area contributed by atoms with Crippen LogP contribution in [0, 0.1) is 0 Å². The Morgan fingerprint density at radius 1 is 0.298 bits per heavy atom. The van der Waals surface area contributed by atoms with Gasteiger partial charge in [0.2, 0.25) is 0 Å². The van der Waals surface area contributed by atoms with Gasteiger partial charge in [-0.1, -0.05) is 182 Å². The second-order valence-electron chi connectivity index (χ2n) is 14.4. The van der Waals surface area contributed by atoms with Gasteiger partial charge in [0.25, 0.3) is 0 Å². The van der Waals surface area contributed by atoms with Crippen LogP contribution in [0.1, 0.15) is 0 Å². The fourth-order valence-corrected chi connectivity index (χ4v) is 8.08. The lowest BCUT2D eigenvalue weighted by Crippen LogP contribution is -2.00. The molecule has 266 valence electrons. The monoisotopic (exact) mass is 727 g/mol. The van der Waals surface area contributed by atoms with Crippen LogP contribution in [0.5, 0.6) is 0 Å². The molecule has 0 saturated heterocycles. The predicted molar refractivity (Wildman–Crippen MR) is 235 cm³/mol. The lowest BCUT2D eigenvalue weighted by atomic mass is 9.92. The van der Waals surface area contributed by atoms with Crippen LogP contribution < -0.4 is 0 Å². The summed E-state index contributed by atoms with van der Waals surface area (Å²) in [5.74, 6) is 1.90. The highest BCUT2D eigenvalue weighted by Gasteiger charge is 2.19. The van der Waals surface area contributed by atoms with E-state index in [1.54, 1.807) is 0 Å². The minimum atomic E-state index is 0.622. The summed E-state index contributed by atoms with van der Waals surface area (Å²) < 4.78 is 6.86. The SMILES string of the molecule is c1ccc(-c2nc(-c3ccccc3)nc(-c3ccc(-c4ccc(-c5ccc(-c6cccc7ccccc67)cc5)c5c4oc4cc6ccccc6cc45)cc3)n2)cc1. The summed E-state index contributed by atoms with van der Waals surface area (Å²) in [4.78, 5) is 14.8. The Morgan fingerprint density at radius 3 is 1.39 bits per heavy atom. The van der Waals surface area contributed by atoms with Gasteiger partial charge in [0.05, 0.1) is 0 Å².